The SMILES string of the molecule is N#Cc1ccc(N2CCN([C@@H]3CN[C@H](C(=O)N4CCC(F)(F)C4)C3)CC2)cc1C#N. The van der Waals surface area contributed by atoms with Gasteiger partial charge in [0.25, 0.3) is 5.92 Å². The summed E-state index contributed by atoms with van der Waals surface area (Å²) < 4.78 is 26.8. The third-order valence-electron chi connectivity index (χ3n) is 6.33. The van der Waals surface area contributed by atoms with Crippen molar-refractivity contribution in [3.8, 4) is 12.1 Å². The van der Waals surface area contributed by atoms with Crippen LogP contribution in [0.3, 0.4) is 0 Å². The van der Waals surface area contributed by atoms with Crippen molar-refractivity contribution in [1.82, 2.24) is 15.1 Å². The van der Waals surface area contributed by atoms with Crippen LogP contribution >= 0.6 is 0 Å². The molecule has 0 unspecified atom stereocenters. The van der Waals surface area contributed by atoms with Gasteiger partial charge in [-0.1, -0.05) is 0 Å². The summed E-state index contributed by atoms with van der Waals surface area (Å²) in [6.07, 6.45) is 0.385. The molecule has 30 heavy (non-hydrogen) atoms. The topological polar surface area (TPSA) is 86.4 Å². The largest absolute Gasteiger partial charge is 0.369 e. The Hall–Kier alpha value is -2.75. The standard InChI is InChI=1S/C21H24F2N6O/c22-21(23)3-4-29(14-21)20(30)19-10-18(13-26-19)28-7-5-27(6-8-28)17-2-1-15(11-24)16(9-17)12-25/h1-2,9,18-19,26H,3-8,10,13-14H2/t18-,19-/m0/s1. The second kappa shape index (κ2) is 8.17. The van der Waals surface area contributed by atoms with Crippen molar-refractivity contribution in [3.63, 3.8) is 0 Å². The number of anilines is 1. The summed E-state index contributed by atoms with van der Waals surface area (Å²) in [7, 11) is 0. The number of nitriles is 2. The Balaban J connectivity index is 1.31. The van der Waals surface area contributed by atoms with Crippen molar-refractivity contribution in [1.29, 1.82) is 10.5 Å². The first-order valence-corrected chi connectivity index (χ1v) is 10.2. The molecule has 3 fully saturated rings. The fourth-order valence-corrected chi connectivity index (χ4v) is 4.59. The molecule has 1 N–H and O–H groups in total. The average molecular weight is 414 g/mol. The van der Waals surface area contributed by atoms with Crippen LogP contribution in [0.15, 0.2) is 18.2 Å². The summed E-state index contributed by atoms with van der Waals surface area (Å²) in [6, 6.07) is 9.22. The second-order valence-corrected chi connectivity index (χ2v) is 8.19. The Morgan fingerprint density at radius 1 is 1.10 bits per heavy atom. The molecule has 0 radical (unpaired) electrons. The summed E-state index contributed by atoms with van der Waals surface area (Å²) >= 11 is 0. The summed E-state index contributed by atoms with van der Waals surface area (Å²) in [6.45, 7) is 3.53. The van der Waals surface area contributed by atoms with Gasteiger partial charge in [-0.15, -0.1) is 0 Å². The van der Waals surface area contributed by atoms with Crippen LogP contribution in [0.5, 0.6) is 0 Å². The van der Waals surface area contributed by atoms with Gasteiger partial charge in [-0.3, -0.25) is 9.69 Å². The van der Waals surface area contributed by atoms with Gasteiger partial charge >= 0.3 is 0 Å². The normalized spacial score (nSPS) is 26.4. The molecule has 3 aliphatic heterocycles. The van der Waals surface area contributed by atoms with E-state index >= 15 is 0 Å². The van der Waals surface area contributed by atoms with E-state index in [1.165, 1.54) is 4.90 Å². The lowest BCUT2D eigenvalue weighted by molar-refractivity contribution is -0.133. The maximum absolute atomic E-state index is 13.4. The number of carbonyl (C=O) groups is 1. The molecule has 0 saturated carbocycles. The van der Waals surface area contributed by atoms with Crippen LogP contribution < -0.4 is 10.2 Å². The highest BCUT2D eigenvalue weighted by molar-refractivity contribution is 5.82. The molecule has 3 heterocycles. The number of rotatable bonds is 3. The van der Waals surface area contributed by atoms with Crippen molar-refractivity contribution < 1.29 is 13.6 Å². The smallest absolute Gasteiger partial charge is 0.267 e. The minimum Gasteiger partial charge on any atom is -0.369 e. The zero-order valence-corrected chi connectivity index (χ0v) is 16.7. The highest BCUT2D eigenvalue weighted by Gasteiger charge is 2.43. The second-order valence-electron chi connectivity index (χ2n) is 8.19. The Morgan fingerprint density at radius 2 is 1.83 bits per heavy atom. The quantitative estimate of drug-likeness (QED) is 0.799. The highest BCUT2D eigenvalue weighted by Crippen LogP contribution is 2.28. The number of halogens is 2. The van der Waals surface area contributed by atoms with Gasteiger partial charge in [0.05, 0.1) is 23.7 Å². The van der Waals surface area contributed by atoms with Crippen LogP contribution in [0.25, 0.3) is 0 Å². The Morgan fingerprint density at radius 3 is 2.47 bits per heavy atom. The number of nitrogens with one attached hydrogen (secondary N) is 1. The van der Waals surface area contributed by atoms with Gasteiger partial charge in [-0.25, -0.2) is 8.78 Å². The van der Waals surface area contributed by atoms with Crippen LogP contribution in [0, 0.1) is 22.7 Å². The minimum atomic E-state index is -2.76. The van der Waals surface area contributed by atoms with Crippen molar-refractivity contribution >= 4 is 11.6 Å². The van der Waals surface area contributed by atoms with Crippen LogP contribution in [0.2, 0.25) is 0 Å². The molecule has 9 heteroatoms. The van der Waals surface area contributed by atoms with E-state index in [0.29, 0.717) is 24.1 Å². The van der Waals surface area contributed by atoms with Crippen LogP contribution in [0.4, 0.5) is 14.5 Å². The molecule has 7 nitrogen and oxygen atoms in total. The monoisotopic (exact) mass is 414 g/mol. The number of hydrogen-bond donors (Lipinski definition) is 1. The zero-order valence-electron chi connectivity index (χ0n) is 16.7. The number of piperazine rings is 1. The lowest BCUT2D eigenvalue weighted by Crippen LogP contribution is -2.51. The predicted octanol–water partition coefficient (Wildman–Crippen LogP) is 1.15. The molecular formula is C21H24F2N6O. The van der Waals surface area contributed by atoms with Crippen molar-refractivity contribution in [3.05, 3.63) is 29.3 Å². The summed E-state index contributed by atoms with van der Waals surface area (Å²) in [5.41, 5.74) is 1.69. The fraction of sp³-hybridized carbons (Fsp3) is 0.571. The predicted molar refractivity (Wildman–Crippen MR) is 106 cm³/mol. The maximum Gasteiger partial charge on any atom is 0.267 e. The first kappa shape index (κ1) is 20.5. The van der Waals surface area contributed by atoms with E-state index in [0.717, 1.165) is 31.9 Å². The van der Waals surface area contributed by atoms with Gasteiger partial charge in [0.2, 0.25) is 5.91 Å². The molecule has 0 aliphatic carbocycles. The third kappa shape index (κ3) is 4.09. The molecule has 158 valence electrons. The molecule has 4 rings (SSSR count). The first-order chi connectivity index (χ1) is 14.4. The lowest BCUT2D eigenvalue weighted by Gasteiger charge is -2.39. The number of likely N-dealkylation sites (tertiary alicyclic amines) is 1. The molecule has 0 spiro atoms. The summed E-state index contributed by atoms with van der Waals surface area (Å²) in [5, 5.41) is 21.5. The molecule has 3 saturated heterocycles. The van der Waals surface area contributed by atoms with E-state index in [-0.39, 0.29) is 24.9 Å². The van der Waals surface area contributed by atoms with Crippen LogP contribution in [-0.4, -0.2) is 79.5 Å². The van der Waals surface area contributed by atoms with Gasteiger partial charge in [0.15, 0.2) is 0 Å². The van der Waals surface area contributed by atoms with Gasteiger partial charge < -0.3 is 15.1 Å². The third-order valence-corrected chi connectivity index (χ3v) is 6.33. The first-order valence-electron chi connectivity index (χ1n) is 10.2. The molecular weight excluding hydrogens is 390 g/mol. The number of amides is 1. The summed E-state index contributed by atoms with van der Waals surface area (Å²) in [4.78, 5) is 18.4. The number of alkyl halides is 2. The van der Waals surface area contributed by atoms with E-state index in [2.05, 4.69) is 21.2 Å². The number of nitrogens with zero attached hydrogens (tertiary/aromatic N) is 5. The van der Waals surface area contributed by atoms with Crippen LogP contribution in [0.1, 0.15) is 24.0 Å². The van der Waals surface area contributed by atoms with Crippen molar-refractivity contribution in [2.45, 2.75) is 30.8 Å². The highest BCUT2D eigenvalue weighted by atomic mass is 19.3. The zero-order chi connectivity index (χ0) is 21.3. The molecule has 1 aromatic rings. The van der Waals surface area contributed by atoms with Gasteiger partial charge in [0, 0.05) is 57.4 Å². The number of benzene rings is 1. The Labute approximate surface area is 174 Å². The van der Waals surface area contributed by atoms with Crippen LogP contribution in [-0.2, 0) is 4.79 Å². The van der Waals surface area contributed by atoms with E-state index in [1.54, 1.807) is 12.1 Å². The van der Waals surface area contributed by atoms with Crippen molar-refractivity contribution in [2.24, 2.45) is 0 Å². The average Bonchev–Trinajstić information content (AvgIpc) is 3.39. The molecule has 0 aromatic heterocycles. The maximum atomic E-state index is 13.4. The lowest BCUT2D eigenvalue weighted by atomic mass is 10.1. The fourth-order valence-electron chi connectivity index (χ4n) is 4.59. The van der Waals surface area contributed by atoms with Crippen molar-refractivity contribution in [2.75, 3.05) is 50.7 Å². The van der Waals surface area contributed by atoms with E-state index in [9.17, 15) is 18.8 Å². The molecule has 3 aliphatic rings. The van der Waals surface area contributed by atoms with Gasteiger partial charge in [-0.05, 0) is 24.6 Å². The van der Waals surface area contributed by atoms with E-state index < -0.39 is 18.5 Å². The number of carbonyl (C=O) groups excluding carboxylic acids is 1. The van der Waals surface area contributed by atoms with E-state index in [1.807, 2.05) is 12.1 Å². The molecule has 2 atom stereocenters. The minimum absolute atomic E-state index is 0.128. The Kier molecular flexibility index (Phi) is 5.59. The Bertz CT molecular complexity index is 900. The molecule has 1 aromatic carbocycles. The van der Waals surface area contributed by atoms with Gasteiger partial charge in [-0.2, -0.15) is 10.5 Å². The number of hydrogen-bond acceptors (Lipinski definition) is 6. The summed E-state index contributed by atoms with van der Waals surface area (Å²) in [5.74, 6) is -2.98. The molecule has 1 amide bonds. The van der Waals surface area contributed by atoms with Gasteiger partial charge in [0.1, 0.15) is 12.1 Å². The van der Waals surface area contributed by atoms with E-state index in [4.69, 9.17) is 5.26 Å². The molecule has 0 bridgehead atoms.